The van der Waals surface area contributed by atoms with Gasteiger partial charge in [0, 0.05) is 36.2 Å². The number of cyclic esters (lactones) is 1. The highest BCUT2D eigenvalue weighted by molar-refractivity contribution is 9.10. The molecule has 2 amide bonds. The van der Waals surface area contributed by atoms with Crippen LogP contribution in [0.25, 0.3) is 11.1 Å². The normalized spacial score (nSPS) is 15.3. The van der Waals surface area contributed by atoms with Crippen LogP contribution in [0.2, 0.25) is 0 Å². The summed E-state index contributed by atoms with van der Waals surface area (Å²) in [5.74, 6) is -0.629. The Morgan fingerprint density at radius 3 is 2.65 bits per heavy atom. The van der Waals surface area contributed by atoms with E-state index in [-0.39, 0.29) is 19.0 Å². The monoisotopic (exact) mass is 526 g/mol. The molecule has 34 heavy (non-hydrogen) atoms. The van der Waals surface area contributed by atoms with Crippen LogP contribution >= 0.6 is 15.9 Å². The lowest BCUT2D eigenvalue weighted by molar-refractivity contribution is -0.119. The molecule has 2 aromatic carbocycles. The maximum absolute atomic E-state index is 14.9. The molecule has 0 bridgehead atoms. The molecular formula is C25H24BrFN4O3. The number of carbonyl (C=O) groups is 2. The smallest absolute Gasteiger partial charge is 0.414 e. The molecule has 1 saturated heterocycles. The van der Waals surface area contributed by atoms with Crippen LogP contribution in [0.4, 0.5) is 14.9 Å². The minimum absolute atomic E-state index is 0.201. The summed E-state index contributed by atoms with van der Waals surface area (Å²) in [5.41, 5.74) is 3.63. The molecule has 9 heteroatoms. The molecule has 1 atom stereocenters. The van der Waals surface area contributed by atoms with Crippen molar-refractivity contribution in [2.45, 2.75) is 26.1 Å². The Morgan fingerprint density at radius 1 is 1.18 bits per heavy atom. The Bertz CT molecular complexity index is 1170. The minimum Gasteiger partial charge on any atom is -0.442 e. The summed E-state index contributed by atoms with van der Waals surface area (Å²) in [4.78, 5) is 29.0. The molecule has 0 aliphatic carbocycles. The van der Waals surface area contributed by atoms with Crippen molar-refractivity contribution in [2.75, 3.05) is 18.0 Å². The molecule has 1 aliphatic rings. The van der Waals surface area contributed by atoms with Gasteiger partial charge < -0.3 is 15.4 Å². The molecule has 0 saturated carbocycles. The number of rotatable bonds is 8. The van der Waals surface area contributed by atoms with Crippen LogP contribution in [0.5, 0.6) is 0 Å². The van der Waals surface area contributed by atoms with Crippen molar-refractivity contribution in [3.05, 3.63) is 82.3 Å². The second-order valence-corrected chi connectivity index (χ2v) is 8.90. The second kappa shape index (κ2) is 10.8. The van der Waals surface area contributed by atoms with Crippen LogP contribution < -0.4 is 15.5 Å². The van der Waals surface area contributed by atoms with Crippen LogP contribution in [0.15, 0.2) is 65.3 Å². The third-order valence-corrected chi connectivity index (χ3v) is 5.88. The third kappa shape index (κ3) is 5.98. The van der Waals surface area contributed by atoms with Crippen molar-refractivity contribution in [3.8, 4) is 11.1 Å². The molecule has 3 aromatic rings. The van der Waals surface area contributed by atoms with Crippen LogP contribution in [0.3, 0.4) is 0 Å². The SMILES string of the molecule is CC(=O)NC[C@H]1CN(c2ccc(-c3ccc(CNCc4ccc(Br)cn4)cc3)c(F)c2)C(=O)O1. The van der Waals surface area contributed by atoms with Crippen LogP contribution in [0, 0.1) is 5.82 Å². The van der Waals surface area contributed by atoms with Gasteiger partial charge in [-0.3, -0.25) is 14.7 Å². The molecule has 2 heterocycles. The lowest BCUT2D eigenvalue weighted by atomic mass is 10.0. The van der Waals surface area contributed by atoms with Crippen LogP contribution in [-0.2, 0) is 22.6 Å². The van der Waals surface area contributed by atoms with E-state index in [1.54, 1.807) is 18.3 Å². The summed E-state index contributed by atoms with van der Waals surface area (Å²) in [6.45, 7) is 3.17. The van der Waals surface area contributed by atoms with Gasteiger partial charge in [-0.05, 0) is 57.4 Å². The number of benzene rings is 2. The first kappa shape index (κ1) is 23.8. The Balaban J connectivity index is 1.36. The largest absolute Gasteiger partial charge is 0.442 e. The average molecular weight is 527 g/mol. The molecule has 0 spiro atoms. The number of nitrogens with zero attached hydrogens (tertiary/aromatic N) is 2. The van der Waals surface area contributed by atoms with Gasteiger partial charge in [0.15, 0.2) is 0 Å². The summed E-state index contributed by atoms with van der Waals surface area (Å²) in [6, 6.07) is 16.3. The molecule has 2 N–H and O–H groups in total. The molecule has 1 fully saturated rings. The average Bonchev–Trinajstić information content (AvgIpc) is 3.20. The zero-order valence-corrected chi connectivity index (χ0v) is 20.1. The Morgan fingerprint density at radius 2 is 1.97 bits per heavy atom. The number of anilines is 1. The zero-order chi connectivity index (χ0) is 24.1. The van der Waals surface area contributed by atoms with Gasteiger partial charge in [0.1, 0.15) is 11.9 Å². The van der Waals surface area contributed by atoms with E-state index in [4.69, 9.17) is 4.74 Å². The fourth-order valence-corrected chi connectivity index (χ4v) is 3.88. The fourth-order valence-electron chi connectivity index (χ4n) is 3.65. The zero-order valence-electron chi connectivity index (χ0n) is 18.6. The highest BCUT2D eigenvalue weighted by Crippen LogP contribution is 2.29. The van der Waals surface area contributed by atoms with Gasteiger partial charge in [-0.15, -0.1) is 0 Å². The first-order valence-corrected chi connectivity index (χ1v) is 11.6. The van der Waals surface area contributed by atoms with Crippen molar-refractivity contribution in [1.29, 1.82) is 0 Å². The molecule has 1 aliphatic heterocycles. The summed E-state index contributed by atoms with van der Waals surface area (Å²) in [5, 5.41) is 5.97. The Kier molecular flexibility index (Phi) is 7.54. The van der Waals surface area contributed by atoms with E-state index in [2.05, 4.69) is 31.5 Å². The van der Waals surface area contributed by atoms with Crippen molar-refractivity contribution >= 4 is 33.6 Å². The van der Waals surface area contributed by atoms with Crippen LogP contribution in [0.1, 0.15) is 18.2 Å². The number of nitrogens with one attached hydrogen (secondary N) is 2. The summed E-state index contributed by atoms with van der Waals surface area (Å²) in [7, 11) is 0. The van der Waals surface area contributed by atoms with Crippen molar-refractivity contribution in [3.63, 3.8) is 0 Å². The highest BCUT2D eigenvalue weighted by atomic mass is 79.9. The summed E-state index contributed by atoms with van der Waals surface area (Å²) in [6.07, 6.45) is 0.736. The van der Waals surface area contributed by atoms with Crippen molar-refractivity contribution in [2.24, 2.45) is 0 Å². The Hall–Kier alpha value is -3.30. The predicted molar refractivity (Wildman–Crippen MR) is 131 cm³/mol. The number of carbonyl (C=O) groups excluding carboxylic acids is 2. The maximum atomic E-state index is 14.9. The van der Waals surface area contributed by atoms with E-state index in [1.165, 1.54) is 17.9 Å². The molecule has 0 radical (unpaired) electrons. The molecular weight excluding hydrogens is 503 g/mol. The van der Waals surface area contributed by atoms with Gasteiger partial charge in [0.05, 0.1) is 24.5 Å². The number of halogens is 2. The number of amides is 2. The number of pyridine rings is 1. The van der Waals surface area contributed by atoms with E-state index < -0.39 is 18.0 Å². The van der Waals surface area contributed by atoms with Gasteiger partial charge >= 0.3 is 6.09 Å². The lowest BCUT2D eigenvalue weighted by Gasteiger charge is -2.15. The van der Waals surface area contributed by atoms with E-state index in [1.807, 2.05) is 36.4 Å². The van der Waals surface area contributed by atoms with Gasteiger partial charge in [-0.2, -0.15) is 0 Å². The first-order valence-electron chi connectivity index (χ1n) is 10.8. The topological polar surface area (TPSA) is 83.6 Å². The van der Waals surface area contributed by atoms with Gasteiger partial charge in [0.2, 0.25) is 5.91 Å². The molecule has 1 aromatic heterocycles. The number of hydrogen-bond donors (Lipinski definition) is 2. The molecule has 0 unspecified atom stereocenters. The van der Waals surface area contributed by atoms with Crippen molar-refractivity contribution in [1.82, 2.24) is 15.6 Å². The number of hydrogen-bond acceptors (Lipinski definition) is 5. The fraction of sp³-hybridized carbons (Fsp3) is 0.240. The minimum atomic E-state index is -0.558. The van der Waals surface area contributed by atoms with Gasteiger partial charge in [0.25, 0.3) is 0 Å². The second-order valence-electron chi connectivity index (χ2n) is 7.99. The number of ether oxygens (including phenoxy) is 1. The predicted octanol–water partition coefficient (Wildman–Crippen LogP) is 4.40. The molecule has 7 nitrogen and oxygen atoms in total. The summed E-state index contributed by atoms with van der Waals surface area (Å²) >= 11 is 3.37. The standard InChI is InChI=1S/C25H24BrFN4O3/c1-16(32)29-14-22-15-31(25(33)34-22)21-8-9-23(24(27)10-21)18-4-2-17(3-5-18)11-28-13-20-7-6-19(26)12-30-20/h2-10,12,22,28H,11,13-15H2,1H3,(H,29,32)/t22-/m0/s1. The maximum Gasteiger partial charge on any atom is 0.414 e. The number of aromatic nitrogens is 1. The van der Waals surface area contributed by atoms with Gasteiger partial charge in [-0.25, -0.2) is 9.18 Å². The van der Waals surface area contributed by atoms with E-state index >= 15 is 0 Å². The van der Waals surface area contributed by atoms with E-state index in [9.17, 15) is 14.0 Å². The summed E-state index contributed by atoms with van der Waals surface area (Å²) < 4.78 is 21.1. The lowest BCUT2D eigenvalue weighted by Crippen LogP contribution is -2.33. The quantitative estimate of drug-likeness (QED) is 0.454. The van der Waals surface area contributed by atoms with Gasteiger partial charge in [-0.1, -0.05) is 24.3 Å². The third-order valence-electron chi connectivity index (χ3n) is 5.41. The molecule has 176 valence electrons. The van der Waals surface area contributed by atoms with Crippen molar-refractivity contribution < 1.29 is 18.7 Å². The van der Waals surface area contributed by atoms with Crippen LogP contribution in [-0.4, -0.2) is 36.2 Å². The highest BCUT2D eigenvalue weighted by Gasteiger charge is 2.32. The van der Waals surface area contributed by atoms with E-state index in [0.717, 1.165) is 21.3 Å². The Labute approximate surface area is 205 Å². The first-order chi connectivity index (χ1) is 16.4. The van der Waals surface area contributed by atoms with E-state index in [0.29, 0.717) is 24.3 Å². The molecule has 4 rings (SSSR count).